The molecule has 1 aliphatic heterocycles. The summed E-state index contributed by atoms with van der Waals surface area (Å²) < 4.78 is 5.18. The van der Waals surface area contributed by atoms with Crippen molar-refractivity contribution in [2.24, 2.45) is 5.92 Å². The lowest BCUT2D eigenvalue weighted by atomic mass is 10.1. The molecule has 0 aliphatic carbocycles. The van der Waals surface area contributed by atoms with Gasteiger partial charge in [0.15, 0.2) is 0 Å². The maximum absolute atomic E-state index is 11.8. The number of hydrogen-bond donors (Lipinski definition) is 0. The van der Waals surface area contributed by atoms with Crippen molar-refractivity contribution in [2.45, 2.75) is 20.8 Å². The van der Waals surface area contributed by atoms with E-state index < -0.39 is 0 Å². The number of benzene rings is 1. The van der Waals surface area contributed by atoms with Gasteiger partial charge in [-0.05, 0) is 55.3 Å². The Hall–Kier alpha value is -2.40. The summed E-state index contributed by atoms with van der Waals surface area (Å²) in [6.45, 7) is 10.7. The van der Waals surface area contributed by atoms with Crippen molar-refractivity contribution in [1.82, 2.24) is 9.88 Å². The largest absolute Gasteiger partial charge is 0.462 e. The summed E-state index contributed by atoms with van der Waals surface area (Å²) in [7, 11) is 2.16. The first-order valence-electron chi connectivity index (χ1n) is 9.62. The Bertz CT molecular complexity index is 837. The molecular weight excluding hydrogens is 338 g/mol. The number of pyridine rings is 1. The number of anilines is 1. The number of carbonyl (C=O) groups is 1. The van der Waals surface area contributed by atoms with Crippen molar-refractivity contribution in [3.63, 3.8) is 0 Å². The molecule has 1 saturated heterocycles. The third-order valence-corrected chi connectivity index (χ3v) is 4.82. The topological polar surface area (TPSA) is 45.7 Å². The minimum absolute atomic E-state index is 0.302. The molecule has 5 heteroatoms. The fraction of sp³-hybridized carbons (Fsp3) is 0.455. The standard InChI is InChI=1S/C22H29N3O2/c1-16(2)15-27-22(26)8-6-18-5-7-20-19(14-18)17(3)13-21(23-20)25-11-9-24(4)10-12-25/h5-8,13-14,16H,9-12,15H2,1-4H3/b8-6+. The molecule has 0 atom stereocenters. The predicted octanol–water partition coefficient (Wildman–Crippen LogP) is 3.51. The van der Waals surface area contributed by atoms with E-state index >= 15 is 0 Å². The van der Waals surface area contributed by atoms with Gasteiger partial charge in [0.05, 0.1) is 12.1 Å². The number of ether oxygens (including phenoxy) is 1. The van der Waals surface area contributed by atoms with Crippen LogP contribution in [0.4, 0.5) is 5.82 Å². The van der Waals surface area contributed by atoms with Gasteiger partial charge in [0.2, 0.25) is 0 Å². The Morgan fingerprint density at radius 3 is 2.67 bits per heavy atom. The summed E-state index contributed by atoms with van der Waals surface area (Å²) in [5, 5.41) is 1.12. The fourth-order valence-corrected chi connectivity index (χ4v) is 3.16. The number of fused-ring (bicyclic) bond motifs is 1. The van der Waals surface area contributed by atoms with Crippen LogP contribution in [0.1, 0.15) is 25.0 Å². The molecule has 0 unspecified atom stereocenters. The molecule has 1 aliphatic rings. The molecule has 2 heterocycles. The number of piperazine rings is 1. The van der Waals surface area contributed by atoms with E-state index in [-0.39, 0.29) is 5.97 Å². The zero-order valence-electron chi connectivity index (χ0n) is 16.7. The van der Waals surface area contributed by atoms with Gasteiger partial charge < -0.3 is 14.5 Å². The van der Waals surface area contributed by atoms with E-state index in [1.165, 1.54) is 11.6 Å². The normalized spacial score (nSPS) is 15.8. The second kappa shape index (κ2) is 8.53. The Balaban J connectivity index is 1.77. The monoisotopic (exact) mass is 367 g/mol. The van der Waals surface area contributed by atoms with Crippen LogP contribution in [0.3, 0.4) is 0 Å². The van der Waals surface area contributed by atoms with Gasteiger partial charge in [0, 0.05) is 37.6 Å². The van der Waals surface area contributed by atoms with Crippen LogP contribution in [-0.2, 0) is 9.53 Å². The van der Waals surface area contributed by atoms with Gasteiger partial charge >= 0.3 is 5.97 Å². The summed E-state index contributed by atoms with van der Waals surface area (Å²) in [6.07, 6.45) is 3.29. The van der Waals surface area contributed by atoms with Crippen LogP contribution in [0.5, 0.6) is 0 Å². The highest BCUT2D eigenvalue weighted by atomic mass is 16.5. The SMILES string of the molecule is Cc1cc(N2CCN(C)CC2)nc2ccc(/C=C/C(=O)OCC(C)C)cc12. The first kappa shape index (κ1) is 19.4. The first-order chi connectivity index (χ1) is 12.9. The van der Waals surface area contributed by atoms with Crippen LogP contribution in [0.15, 0.2) is 30.3 Å². The predicted molar refractivity (Wildman–Crippen MR) is 111 cm³/mol. The second-order valence-corrected chi connectivity index (χ2v) is 7.72. The zero-order valence-corrected chi connectivity index (χ0v) is 16.7. The number of hydrogen-bond acceptors (Lipinski definition) is 5. The van der Waals surface area contributed by atoms with Crippen molar-refractivity contribution >= 4 is 28.8 Å². The fourth-order valence-electron chi connectivity index (χ4n) is 3.16. The van der Waals surface area contributed by atoms with E-state index in [0.29, 0.717) is 12.5 Å². The second-order valence-electron chi connectivity index (χ2n) is 7.72. The van der Waals surface area contributed by atoms with E-state index in [4.69, 9.17) is 9.72 Å². The van der Waals surface area contributed by atoms with E-state index in [2.05, 4.69) is 35.9 Å². The quantitative estimate of drug-likeness (QED) is 0.598. The van der Waals surface area contributed by atoms with Crippen molar-refractivity contribution in [3.05, 3.63) is 41.5 Å². The number of rotatable bonds is 5. The van der Waals surface area contributed by atoms with E-state index in [1.54, 1.807) is 6.08 Å². The third-order valence-electron chi connectivity index (χ3n) is 4.82. The van der Waals surface area contributed by atoms with Crippen molar-refractivity contribution in [1.29, 1.82) is 0 Å². The molecular formula is C22H29N3O2. The summed E-state index contributed by atoms with van der Waals surface area (Å²) in [5.74, 6) is 1.09. The average Bonchev–Trinajstić information content (AvgIpc) is 2.65. The van der Waals surface area contributed by atoms with Gasteiger partial charge in [0.1, 0.15) is 5.82 Å². The van der Waals surface area contributed by atoms with Gasteiger partial charge in [0.25, 0.3) is 0 Å². The van der Waals surface area contributed by atoms with Crippen LogP contribution < -0.4 is 4.90 Å². The number of aromatic nitrogens is 1. The van der Waals surface area contributed by atoms with E-state index in [1.807, 2.05) is 26.0 Å². The highest BCUT2D eigenvalue weighted by Crippen LogP contribution is 2.24. The Kier molecular flexibility index (Phi) is 6.11. The highest BCUT2D eigenvalue weighted by Gasteiger charge is 2.16. The van der Waals surface area contributed by atoms with Gasteiger partial charge in [-0.25, -0.2) is 9.78 Å². The smallest absolute Gasteiger partial charge is 0.330 e. The van der Waals surface area contributed by atoms with E-state index in [9.17, 15) is 4.79 Å². The van der Waals surface area contributed by atoms with Gasteiger partial charge in [-0.2, -0.15) is 0 Å². The van der Waals surface area contributed by atoms with Gasteiger partial charge in [-0.15, -0.1) is 0 Å². The molecule has 1 aromatic heterocycles. The highest BCUT2D eigenvalue weighted by molar-refractivity contribution is 5.90. The molecule has 144 valence electrons. The Morgan fingerprint density at radius 2 is 1.96 bits per heavy atom. The Labute approximate surface area is 161 Å². The minimum Gasteiger partial charge on any atom is -0.462 e. The number of nitrogens with zero attached hydrogens (tertiary/aromatic N) is 3. The molecule has 0 radical (unpaired) electrons. The third kappa shape index (κ3) is 5.07. The van der Waals surface area contributed by atoms with Crippen LogP contribution in [0.25, 0.3) is 17.0 Å². The first-order valence-corrected chi connectivity index (χ1v) is 9.62. The van der Waals surface area contributed by atoms with E-state index in [0.717, 1.165) is 48.5 Å². The summed E-state index contributed by atoms with van der Waals surface area (Å²) in [5.41, 5.74) is 3.16. The lowest BCUT2D eigenvalue weighted by Crippen LogP contribution is -2.44. The number of aryl methyl sites for hydroxylation is 1. The zero-order chi connectivity index (χ0) is 19.4. The van der Waals surface area contributed by atoms with Gasteiger partial charge in [-0.3, -0.25) is 0 Å². The number of likely N-dealkylation sites (N-methyl/N-ethyl adjacent to an activating group) is 1. The van der Waals surface area contributed by atoms with Gasteiger partial charge in [-0.1, -0.05) is 19.9 Å². The molecule has 5 nitrogen and oxygen atoms in total. The maximum atomic E-state index is 11.8. The van der Waals surface area contributed by atoms with Crippen LogP contribution in [0, 0.1) is 12.8 Å². The molecule has 0 spiro atoms. The molecule has 2 aromatic rings. The Morgan fingerprint density at radius 1 is 1.22 bits per heavy atom. The van der Waals surface area contributed by atoms with Crippen molar-refractivity contribution in [2.75, 3.05) is 44.7 Å². The van der Waals surface area contributed by atoms with Crippen LogP contribution in [0.2, 0.25) is 0 Å². The molecule has 0 N–H and O–H groups in total. The molecule has 1 fully saturated rings. The number of carbonyl (C=O) groups excluding carboxylic acids is 1. The molecule has 0 bridgehead atoms. The summed E-state index contributed by atoms with van der Waals surface area (Å²) in [4.78, 5) is 21.3. The lowest BCUT2D eigenvalue weighted by Gasteiger charge is -2.33. The molecule has 0 saturated carbocycles. The maximum Gasteiger partial charge on any atom is 0.330 e. The summed E-state index contributed by atoms with van der Waals surface area (Å²) >= 11 is 0. The molecule has 27 heavy (non-hydrogen) atoms. The summed E-state index contributed by atoms with van der Waals surface area (Å²) in [6, 6.07) is 8.27. The number of esters is 1. The molecule has 1 aromatic carbocycles. The molecule has 3 rings (SSSR count). The molecule has 0 amide bonds. The minimum atomic E-state index is -0.302. The van der Waals surface area contributed by atoms with Crippen LogP contribution >= 0.6 is 0 Å². The van der Waals surface area contributed by atoms with Crippen molar-refractivity contribution < 1.29 is 9.53 Å². The van der Waals surface area contributed by atoms with Crippen LogP contribution in [-0.4, -0.2) is 55.7 Å². The lowest BCUT2D eigenvalue weighted by molar-refractivity contribution is -0.138. The average molecular weight is 367 g/mol. The van der Waals surface area contributed by atoms with Crippen molar-refractivity contribution in [3.8, 4) is 0 Å².